The third kappa shape index (κ3) is 7.83. The monoisotopic (exact) mass is 538 g/mol. The van der Waals surface area contributed by atoms with Gasteiger partial charge in [-0.2, -0.15) is 0 Å². The van der Waals surface area contributed by atoms with Gasteiger partial charge in [-0.15, -0.1) is 10.2 Å². The molecule has 0 spiro atoms. The van der Waals surface area contributed by atoms with E-state index in [2.05, 4.69) is 22.0 Å². The third-order valence-corrected chi connectivity index (χ3v) is 7.92. The topological polar surface area (TPSA) is 88.8 Å². The largest absolute Gasteiger partial charge is 0.487 e. The van der Waals surface area contributed by atoms with Crippen molar-refractivity contribution in [2.24, 2.45) is 0 Å². The number of hydrogen-bond donors (Lipinski definition) is 0. The molecule has 2 aliphatic rings. The quantitative estimate of drug-likeness (QED) is 0.438. The lowest BCUT2D eigenvalue weighted by Gasteiger charge is -2.40. The van der Waals surface area contributed by atoms with Crippen LogP contribution in [-0.4, -0.2) is 63.6 Å². The fourth-order valence-electron chi connectivity index (χ4n) is 5.78. The summed E-state index contributed by atoms with van der Waals surface area (Å²) in [5.41, 5.74) is 0.625. The van der Waals surface area contributed by atoms with Gasteiger partial charge in [0.2, 0.25) is 17.7 Å². The van der Waals surface area contributed by atoms with E-state index in [9.17, 15) is 9.59 Å². The maximum absolute atomic E-state index is 13.7. The molecule has 1 aromatic heterocycles. The lowest BCUT2D eigenvalue weighted by atomic mass is 9.90. The highest BCUT2D eigenvalue weighted by Crippen LogP contribution is 2.31. The van der Waals surface area contributed by atoms with Gasteiger partial charge in [-0.1, -0.05) is 58.6 Å². The molecule has 2 heterocycles. The van der Waals surface area contributed by atoms with E-state index < -0.39 is 0 Å². The molecule has 0 N–H and O–H groups in total. The van der Waals surface area contributed by atoms with Crippen molar-refractivity contribution in [1.29, 1.82) is 0 Å². The van der Waals surface area contributed by atoms with Crippen LogP contribution in [-0.2, 0) is 11.2 Å². The molecule has 2 amide bonds. The molecule has 1 aliphatic carbocycles. The van der Waals surface area contributed by atoms with Crippen molar-refractivity contribution in [2.75, 3.05) is 19.6 Å². The number of carbonyl (C=O) groups is 2. The van der Waals surface area contributed by atoms with E-state index in [-0.39, 0.29) is 29.9 Å². The molecule has 1 aromatic carbocycles. The van der Waals surface area contributed by atoms with Crippen LogP contribution in [0.2, 0.25) is 0 Å². The Kier molecular flexibility index (Phi) is 10.8. The van der Waals surface area contributed by atoms with Crippen molar-refractivity contribution >= 4 is 11.8 Å². The predicted octanol–water partition coefficient (Wildman–Crippen LogP) is 6.16. The van der Waals surface area contributed by atoms with E-state index in [0.717, 1.165) is 83.8 Å². The Morgan fingerprint density at radius 2 is 1.74 bits per heavy atom. The van der Waals surface area contributed by atoms with Gasteiger partial charge in [0.15, 0.2) is 0 Å². The number of fused-ring (bicyclic) bond motifs is 2. The van der Waals surface area contributed by atoms with E-state index in [1.165, 1.54) is 0 Å². The van der Waals surface area contributed by atoms with E-state index >= 15 is 0 Å². The highest BCUT2D eigenvalue weighted by Gasteiger charge is 2.35. The Labute approximate surface area is 233 Å². The number of aryl methyl sites for hydroxylation is 1. The molecule has 2 aromatic rings. The van der Waals surface area contributed by atoms with Crippen LogP contribution in [0.1, 0.15) is 119 Å². The minimum atomic E-state index is -0.141. The molecule has 2 atom stereocenters. The average molecular weight is 539 g/mol. The van der Waals surface area contributed by atoms with Gasteiger partial charge in [-0.3, -0.25) is 9.59 Å². The van der Waals surface area contributed by atoms with Crippen LogP contribution in [0.4, 0.5) is 0 Å². The Hall–Kier alpha value is -2.90. The van der Waals surface area contributed by atoms with Gasteiger partial charge >= 0.3 is 0 Å². The van der Waals surface area contributed by atoms with Crippen molar-refractivity contribution in [3.63, 3.8) is 0 Å². The van der Waals surface area contributed by atoms with Crippen molar-refractivity contribution in [3.05, 3.63) is 41.6 Å². The van der Waals surface area contributed by atoms with Gasteiger partial charge in [-0.25, -0.2) is 0 Å². The molecule has 8 heteroatoms. The summed E-state index contributed by atoms with van der Waals surface area (Å²) in [4.78, 5) is 31.4. The number of amides is 2. The molecular formula is C31H46N4O4. The summed E-state index contributed by atoms with van der Waals surface area (Å²) in [7, 11) is 0. The number of nitrogens with zero attached hydrogens (tertiary/aromatic N) is 4. The molecule has 1 fully saturated rings. The van der Waals surface area contributed by atoms with Gasteiger partial charge in [0.05, 0.1) is 11.6 Å². The lowest BCUT2D eigenvalue weighted by molar-refractivity contribution is -0.137. The summed E-state index contributed by atoms with van der Waals surface area (Å²) in [5.74, 6) is 2.09. The molecule has 1 saturated carbocycles. The van der Waals surface area contributed by atoms with Crippen LogP contribution in [0.15, 0.2) is 28.7 Å². The fraction of sp³-hybridized carbons (Fsp3) is 0.677. The normalized spacial score (nSPS) is 21.5. The summed E-state index contributed by atoms with van der Waals surface area (Å²) in [6.45, 7) is 8.40. The van der Waals surface area contributed by atoms with Crippen molar-refractivity contribution in [2.45, 2.75) is 116 Å². The Bertz CT molecular complexity index is 1070. The maximum atomic E-state index is 13.7. The summed E-state index contributed by atoms with van der Waals surface area (Å²) >= 11 is 0. The Balaban J connectivity index is 1.56. The summed E-state index contributed by atoms with van der Waals surface area (Å²) in [6.07, 6.45) is 10.7. The molecular weight excluding hydrogens is 492 g/mol. The zero-order chi connectivity index (χ0) is 27.6. The van der Waals surface area contributed by atoms with Crippen LogP contribution in [0.25, 0.3) is 0 Å². The molecule has 0 radical (unpaired) electrons. The smallest absolute Gasteiger partial charge is 0.257 e. The van der Waals surface area contributed by atoms with Crippen molar-refractivity contribution < 1.29 is 18.7 Å². The zero-order valence-corrected chi connectivity index (χ0v) is 24.1. The van der Waals surface area contributed by atoms with Gasteiger partial charge in [0.25, 0.3) is 5.91 Å². The number of ether oxygens (including phenoxy) is 1. The van der Waals surface area contributed by atoms with Crippen LogP contribution in [0.3, 0.4) is 0 Å². The summed E-state index contributed by atoms with van der Waals surface area (Å²) in [6, 6.07) is 7.63. The molecule has 1 aliphatic heterocycles. The summed E-state index contributed by atoms with van der Waals surface area (Å²) in [5, 5.41) is 8.27. The minimum absolute atomic E-state index is 0.0137. The van der Waals surface area contributed by atoms with Gasteiger partial charge < -0.3 is 19.0 Å². The molecule has 214 valence electrons. The van der Waals surface area contributed by atoms with Gasteiger partial charge in [0, 0.05) is 38.4 Å². The van der Waals surface area contributed by atoms with Crippen LogP contribution < -0.4 is 4.74 Å². The highest BCUT2D eigenvalue weighted by molar-refractivity contribution is 5.97. The third-order valence-electron chi connectivity index (χ3n) is 7.92. The van der Waals surface area contributed by atoms with E-state index in [1.807, 2.05) is 43.0 Å². The van der Waals surface area contributed by atoms with E-state index in [4.69, 9.17) is 9.15 Å². The summed E-state index contributed by atoms with van der Waals surface area (Å²) < 4.78 is 12.4. The van der Waals surface area contributed by atoms with E-state index in [0.29, 0.717) is 35.9 Å². The lowest BCUT2D eigenvalue weighted by Crippen LogP contribution is -2.51. The molecule has 4 rings (SSSR count). The first-order chi connectivity index (χ1) is 19.0. The van der Waals surface area contributed by atoms with Crippen LogP contribution >= 0.6 is 0 Å². The molecule has 0 saturated heterocycles. The number of aromatic nitrogens is 2. The Morgan fingerprint density at radius 3 is 2.51 bits per heavy atom. The minimum Gasteiger partial charge on any atom is -0.487 e. The second kappa shape index (κ2) is 14.5. The average Bonchev–Trinajstić information content (AvgIpc) is 3.42. The second-order valence-electron chi connectivity index (χ2n) is 11.3. The first-order valence-corrected chi connectivity index (χ1v) is 15.1. The van der Waals surface area contributed by atoms with Gasteiger partial charge in [-0.05, 0) is 50.7 Å². The fourth-order valence-corrected chi connectivity index (χ4v) is 5.78. The number of rotatable bonds is 6. The van der Waals surface area contributed by atoms with Crippen molar-refractivity contribution in [1.82, 2.24) is 20.0 Å². The van der Waals surface area contributed by atoms with Crippen LogP contribution in [0, 0.1) is 0 Å². The van der Waals surface area contributed by atoms with Crippen LogP contribution in [0.5, 0.6) is 5.75 Å². The molecule has 8 nitrogen and oxygen atoms in total. The SMILES string of the molecule is CCCN1CCCCCCCN(C(=O)CCc2nnc(C(C)C)o2)[C@@H]2CCCC[C@@H]2Oc2ccccc2C1=O. The predicted molar refractivity (Wildman–Crippen MR) is 151 cm³/mol. The first-order valence-electron chi connectivity index (χ1n) is 15.1. The first kappa shape index (κ1) is 29.1. The number of para-hydroxylation sites is 1. The molecule has 0 unspecified atom stereocenters. The van der Waals surface area contributed by atoms with Gasteiger partial charge in [0.1, 0.15) is 11.9 Å². The van der Waals surface area contributed by atoms with E-state index in [1.54, 1.807) is 0 Å². The molecule has 39 heavy (non-hydrogen) atoms. The standard InChI is InChI=1S/C31H46N4O4/c1-4-20-34-21-12-6-5-7-13-22-35(29(36)19-18-28-32-33-30(39-28)23(2)3)25-15-9-11-17-27(25)38-26-16-10-8-14-24(26)31(34)37/h8,10,14,16,23,25,27H,4-7,9,11-13,15,17-22H2,1-3H3/t25-,27+/m1/s1. The molecule has 0 bridgehead atoms. The van der Waals surface area contributed by atoms with Crippen molar-refractivity contribution in [3.8, 4) is 5.75 Å². The zero-order valence-electron chi connectivity index (χ0n) is 24.1. The Morgan fingerprint density at radius 1 is 1.00 bits per heavy atom. The highest BCUT2D eigenvalue weighted by atomic mass is 16.5. The maximum Gasteiger partial charge on any atom is 0.257 e. The second-order valence-corrected chi connectivity index (χ2v) is 11.3. The number of benzene rings is 1. The number of carbonyl (C=O) groups excluding carboxylic acids is 2. The number of hydrogen-bond acceptors (Lipinski definition) is 6.